The van der Waals surface area contributed by atoms with E-state index in [1.54, 1.807) is 7.11 Å². The van der Waals surface area contributed by atoms with Crippen LogP contribution in [0.1, 0.15) is 17.2 Å². The summed E-state index contributed by atoms with van der Waals surface area (Å²) >= 11 is 16.2. The lowest BCUT2D eigenvalue weighted by atomic mass is 9.98. The molecule has 2 aromatic carbocycles. The molecule has 0 bridgehead atoms. The second kappa shape index (κ2) is 7.50. The number of hydrogen-bond acceptors (Lipinski definition) is 2. The first kappa shape index (κ1) is 16.6. The Labute approximate surface area is 143 Å². The van der Waals surface area contributed by atoms with Gasteiger partial charge >= 0.3 is 0 Å². The molecule has 21 heavy (non-hydrogen) atoms. The smallest absolute Gasteiger partial charge is 0.119 e. The largest absolute Gasteiger partial charge is 0.497 e. The highest BCUT2D eigenvalue weighted by Gasteiger charge is 2.18. The van der Waals surface area contributed by atoms with Crippen molar-refractivity contribution in [1.82, 2.24) is 5.32 Å². The fourth-order valence-corrected chi connectivity index (χ4v) is 3.32. The van der Waals surface area contributed by atoms with Crippen molar-refractivity contribution in [3.8, 4) is 5.75 Å². The van der Waals surface area contributed by atoms with Gasteiger partial charge in [-0.1, -0.05) is 45.2 Å². The Kier molecular flexibility index (Phi) is 5.94. The standard InChI is InChI=1S/C16H16BrCl2NO/c1-20-15(16-13(18)4-3-5-14(16)19)9-10-8-11(21-2)6-7-12(10)17/h3-8,15,20H,9H2,1-2H3. The molecule has 0 aromatic heterocycles. The zero-order valence-electron chi connectivity index (χ0n) is 11.8. The quantitative estimate of drug-likeness (QED) is 0.753. The van der Waals surface area contributed by atoms with Crippen molar-refractivity contribution in [2.24, 2.45) is 0 Å². The molecule has 0 heterocycles. The van der Waals surface area contributed by atoms with Crippen LogP contribution in [-0.2, 0) is 6.42 Å². The first-order chi connectivity index (χ1) is 10.1. The number of benzene rings is 2. The summed E-state index contributed by atoms with van der Waals surface area (Å²) < 4.78 is 6.32. The molecule has 112 valence electrons. The summed E-state index contributed by atoms with van der Waals surface area (Å²) in [5, 5.41) is 4.62. The van der Waals surface area contributed by atoms with Crippen molar-refractivity contribution in [3.05, 3.63) is 62.0 Å². The van der Waals surface area contributed by atoms with Crippen LogP contribution in [0.15, 0.2) is 40.9 Å². The molecule has 0 fully saturated rings. The van der Waals surface area contributed by atoms with E-state index in [2.05, 4.69) is 21.2 Å². The molecule has 1 unspecified atom stereocenters. The molecule has 0 aliphatic heterocycles. The van der Waals surface area contributed by atoms with Crippen molar-refractivity contribution >= 4 is 39.1 Å². The molecule has 0 aliphatic carbocycles. The van der Waals surface area contributed by atoms with Gasteiger partial charge in [0.15, 0.2) is 0 Å². The van der Waals surface area contributed by atoms with Crippen LogP contribution in [0.5, 0.6) is 5.75 Å². The molecular weight excluding hydrogens is 373 g/mol. The number of ether oxygens (including phenoxy) is 1. The molecule has 1 atom stereocenters. The number of likely N-dealkylation sites (N-methyl/N-ethyl adjacent to an activating group) is 1. The van der Waals surface area contributed by atoms with Crippen LogP contribution in [0.4, 0.5) is 0 Å². The molecule has 0 radical (unpaired) electrons. The van der Waals surface area contributed by atoms with E-state index in [4.69, 9.17) is 27.9 Å². The van der Waals surface area contributed by atoms with E-state index in [9.17, 15) is 0 Å². The Morgan fingerprint density at radius 1 is 1.19 bits per heavy atom. The van der Waals surface area contributed by atoms with E-state index in [1.165, 1.54) is 0 Å². The first-order valence-corrected chi connectivity index (χ1v) is 8.05. The Morgan fingerprint density at radius 2 is 1.86 bits per heavy atom. The molecular formula is C16H16BrCl2NO. The summed E-state index contributed by atoms with van der Waals surface area (Å²) in [5.74, 6) is 0.827. The molecule has 0 amide bonds. The Hall–Kier alpha value is -0.740. The summed E-state index contributed by atoms with van der Waals surface area (Å²) in [6, 6.07) is 11.5. The minimum Gasteiger partial charge on any atom is -0.497 e. The fourth-order valence-electron chi connectivity index (χ4n) is 2.25. The van der Waals surface area contributed by atoms with Gasteiger partial charge < -0.3 is 10.1 Å². The molecule has 0 spiro atoms. The average Bonchev–Trinajstić information content (AvgIpc) is 2.47. The topological polar surface area (TPSA) is 21.3 Å². The minimum atomic E-state index is 0.0228. The zero-order chi connectivity index (χ0) is 15.4. The fraction of sp³-hybridized carbons (Fsp3) is 0.250. The van der Waals surface area contributed by atoms with Gasteiger partial charge in [-0.3, -0.25) is 0 Å². The predicted molar refractivity (Wildman–Crippen MR) is 92.7 cm³/mol. The molecule has 2 aromatic rings. The maximum Gasteiger partial charge on any atom is 0.119 e. The first-order valence-electron chi connectivity index (χ1n) is 6.50. The lowest BCUT2D eigenvalue weighted by Crippen LogP contribution is -2.20. The lowest BCUT2D eigenvalue weighted by Gasteiger charge is -2.20. The lowest BCUT2D eigenvalue weighted by molar-refractivity contribution is 0.414. The summed E-state index contributed by atoms with van der Waals surface area (Å²) in [6.07, 6.45) is 0.748. The highest BCUT2D eigenvalue weighted by Crippen LogP contribution is 2.34. The van der Waals surface area contributed by atoms with E-state index < -0.39 is 0 Å². The van der Waals surface area contributed by atoms with Crippen LogP contribution in [-0.4, -0.2) is 14.2 Å². The zero-order valence-corrected chi connectivity index (χ0v) is 14.9. The third kappa shape index (κ3) is 3.92. The van der Waals surface area contributed by atoms with Crippen LogP contribution in [0.3, 0.4) is 0 Å². The second-order valence-corrected chi connectivity index (χ2v) is 6.31. The molecule has 1 N–H and O–H groups in total. The normalized spacial score (nSPS) is 12.2. The van der Waals surface area contributed by atoms with Crippen molar-refractivity contribution in [2.45, 2.75) is 12.5 Å². The third-order valence-corrected chi connectivity index (χ3v) is 4.81. The van der Waals surface area contributed by atoms with Crippen molar-refractivity contribution in [3.63, 3.8) is 0 Å². The summed E-state index contributed by atoms with van der Waals surface area (Å²) in [5.41, 5.74) is 2.04. The van der Waals surface area contributed by atoms with Crippen LogP contribution in [0.25, 0.3) is 0 Å². The number of hydrogen-bond donors (Lipinski definition) is 1. The van der Waals surface area contributed by atoms with Gasteiger partial charge in [-0.15, -0.1) is 0 Å². The number of methoxy groups -OCH3 is 1. The van der Waals surface area contributed by atoms with Gasteiger partial charge in [-0.25, -0.2) is 0 Å². The van der Waals surface area contributed by atoms with Crippen molar-refractivity contribution < 1.29 is 4.74 Å². The summed E-state index contributed by atoms with van der Waals surface area (Å²) in [4.78, 5) is 0. The highest BCUT2D eigenvalue weighted by molar-refractivity contribution is 9.10. The van der Waals surface area contributed by atoms with Gasteiger partial charge in [0.05, 0.1) is 7.11 Å². The van der Waals surface area contributed by atoms with Gasteiger partial charge in [-0.05, 0) is 49.4 Å². The van der Waals surface area contributed by atoms with Crippen LogP contribution >= 0.6 is 39.1 Å². The molecule has 2 nitrogen and oxygen atoms in total. The molecule has 0 saturated carbocycles. The average molecular weight is 389 g/mol. The van der Waals surface area contributed by atoms with E-state index in [0.717, 1.165) is 27.8 Å². The predicted octanol–water partition coefficient (Wildman–Crippen LogP) is 5.27. The van der Waals surface area contributed by atoms with Crippen LogP contribution in [0, 0.1) is 0 Å². The summed E-state index contributed by atoms with van der Waals surface area (Å²) in [7, 11) is 3.56. The van der Waals surface area contributed by atoms with Gasteiger partial charge in [0.1, 0.15) is 5.75 Å². The molecule has 0 aliphatic rings. The van der Waals surface area contributed by atoms with Crippen LogP contribution in [0.2, 0.25) is 10.0 Å². The third-order valence-electron chi connectivity index (χ3n) is 3.37. The van der Waals surface area contributed by atoms with Crippen molar-refractivity contribution in [2.75, 3.05) is 14.2 Å². The minimum absolute atomic E-state index is 0.0228. The SMILES string of the molecule is CNC(Cc1cc(OC)ccc1Br)c1c(Cl)cccc1Cl. The number of nitrogens with one attached hydrogen (secondary N) is 1. The van der Waals surface area contributed by atoms with Gasteiger partial charge in [0.2, 0.25) is 0 Å². The van der Waals surface area contributed by atoms with E-state index in [-0.39, 0.29) is 6.04 Å². The maximum absolute atomic E-state index is 6.31. The Balaban J connectivity index is 2.36. The van der Waals surface area contributed by atoms with E-state index in [0.29, 0.717) is 10.0 Å². The number of rotatable bonds is 5. The second-order valence-electron chi connectivity index (χ2n) is 4.64. The van der Waals surface area contributed by atoms with Gasteiger partial charge in [0, 0.05) is 26.1 Å². The van der Waals surface area contributed by atoms with Gasteiger partial charge in [0.25, 0.3) is 0 Å². The van der Waals surface area contributed by atoms with Crippen LogP contribution < -0.4 is 10.1 Å². The van der Waals surface area contributed by atoms with E-state index in [1.807, 2.05) is 43.4 Å². The maximum atomic E-state index is 6.31. The molecule has 0 saturated heterocycles. The number of halogens is 3. The van der Waals surface area contributed by atoms with Crippen molar-refractivity contribution in [1.29, 1.82) is 0 Å². The monoisotopic (exact) mass is 387 g/mol. The van der Waals surface area contributed by atoms with Gasteiger partial charge in [-0.2, -0.15) is 0 Å². The molecule has 5 heteroatoms. The van der Waals surface area contributed by atoms with E-state index >= 15 is 0 Å². The highest BCUT2D eigenvalue weighted by atomic mass is 79.9. The molecule has 2 rings (SSSR count). The Bertz CT molecular complexity index is 613. The Morgan fingerprint density at radius 3 is 2.43 bits per heavy atom. The summed E-state index contributed by atoms with van der Waals surface area (Å²) in [6.45, 7) is 0.